The van der Waals surface area contributed by atoms with Gasteiger partial charge in [0.05, 0.1) is 6.42 Å². The first kappa shape index (κ1) is 12.1. The quantitative estimate of drug-likeness (QED) is 0.829. The molecule has 0 fully saturated rings. The molecule has 1 aromatic rings. The molecule has 0 aromatic carbocycles. The summed E-state index contributed by atoms with van der Waals surface area (Å²) in [7, 11) is 0. The van der Waals surface area contributed by atoms with Gasteiger partial charge in [0.25, 0.3) is 0 Å². The second-order valence-corrected chi connectivity index (χ2v) is 3.74. The predicted molar refractivity (Wildman–Crippen MR) is 52.5 cm³/mol. The Morgan fingerprint density at radius 3 is 2.67 bits per heavy atom. The molecule has 0 aliphatic carbocycles. The smallest absolute Gasteiger partial charge is 0.351 e. The molecular formula is C10H15F3N2. The molecule has 1 atom stereocenters. The Morgan fingerprint density at radius 1 is 1.47 bits per heavy atom. The van der Waals surface area contributed by atoms with Gasteiger partial charge in [-0.3, -0.25) is 0 Å². The van der Waals surface area contributed by atoms with E-state index in [1.807, 2.05) is 6.92 Å². The number of hydrogen-bond acceptors (Lipinski definition) is 1. The standard InChI is InChI=1S/C10H15F3N2/c1-8(14)7-9-3-2-5-15(9)6-4-10(11,12)13/h2-3,5,8H,4,6-7,14H2,1H3. The Morgan fingerprint density at radius 2 is 2.13 bits per heavy atom. The second kappa shape index (κ2) is 4.70. The van der Waals surface area contributed by atoms with Crippen LogP contribution in [0.1, 0.15) is 19.0 Å². The van der Waals surface area contributed by atoms with Crippen molar-refractivity contribution in [2.45, 2.75) is 38.5 Å². The number of nitrogens with two attached hydrogens (primary N) is 1. The zero-order chi connectivity index (χ0) is 11.5. The zero-order valence-corrected chi connectivity index (χ0v) is 8.59. The number of aryl methyl sites for hydroxylation is 1. The Labute approximate surface area is 86.9 Å². The van der Waals surface area contributed by atoms with Crippen LogP contribution in [0.4, 0.5) is 13.2 Å². The molecule has 5 heteroatoms. The number of rotatable bonds is 4. The third-order valence-electron chi connectivity index (χ3n) is 2.09. The van der Waals surface area contributed by atoms with Crippen LogP contribution in [0.2, 0.25) is 0 Å². The van der Waals surface area contributed by atoms with Crippen LogP contribution in [0.25, 0.3) is 0 Å². The third-order valence-corrected chi connectivity index (χ3v) is 2.09. The lowest BCUT2D eigenvalue weighted by Gasteiger charge is -2.12. The number of aromatic nitrogens is 1. The van der Waals surface area contributed by atoms with Crippen LogP contribution in [0.3, 0.4) is 0 Å². The van der Waals surface area contributed by atoms with E-state index in [4.69, 9.17) is 5.73 Å². The molecule has 0 aliphatic heterocycles. The van der Waals surface area contributed by atoms with Gasteiger partial charge >= 0.3 is 6.18 Å². The average molecular weight is 220 g/mol. The van der Waals surface area contributed by atoms with E-state index >= 15 is 0 Å². The highest BCUT2D eigenvalue weighted by Crippen LogP contribution is 2.21. The van der Waals surface area contributed by atoms with Crippen molar-refractivity contribution in [3.63, 3.8) is 0 Å². The Hall–Kier alpha value is -0.970. The summed E-state index contributed by atoms with van der Waals surface area (Å²) in [5.41, 5.74) is 6.45. The molecule has 2 N–H and O–H groups in total. The second-order valence-electron chi connectivity index (χ2n) is 3.74. The van der Waals surface area contributed by atoms with Gasteiger partial charge in [-0.05, 0) is 19.1 Å². The van der Waals surface area contributed by atoms with Crippen molar-refractivity contribution in [1.82, 2.24) is 4.57 Å². The summed E-state index contributed by atoms with van der Waals surface area (Å²) in [5, 5.41) is 0. The lowest BCUT2D eigenvalue weighted by molar-refractivity contribution is -0.136. The van der Waals surface area contributed by atoms with Gasteiger partial charge in [0.15, 0.2) is 0 Å². The summed E-state index contributed by atoms with van der Waals surface area (Å²) < 4.78 is 37.6. The highest BCUT2D eigenvalue weighted by atomic mass is 19.4. The van der Waals surface area contributed by atoms with Crippen LogP contribution in [-0.2, 0) is 13.0 Å². The average Bonchev–Trinajstić information content (AvgIpc) is 2.46. The fraction of sp³-hybridized carbons (Fsp3) is 0.600. The maximum atomic E-state index is 12.0. The van der Waals surface area contributed by atoms with E-state index in [0.29, 0.717) is 6.42 Å². The van der Waals surface area contributed by atoms with E-state index in [1.54, 1.807) is 22.9 Å². The van der Waals surface area contributed by atoms with Gasteiger partial charge in [0.2, 0.25) is 0 Å². The molecule has 2 nitrogen and oxygen atoms in total. The molecule has 0 aliphatic rings. The minimum atomic E-state index is -4.10. The largest absolute Gasteiger partial charge is 0.390 e. The van der Waals surface area contributed by atoms with Crippen LogP contribution in [0.5, 0.6) is 0 Å². The van der Waals surface area contributed by atoms with E-state index in [9.17, 15) is 13.2 Å². The maximum Gasteiger partial charge on any atom is 0.390 e. The Kier molecular flexibility index (Phi) is 3.79. The van der Waals surface area contributed by atoms with Gasteiger partial charge in [-0.25, -0.2) is 0 Å². The lowest BCUT2D eigenvalue weighted by Crippen LogP contribution is -2.20. The van der Waals surface area contributed by atoms with Crippen LogP contribution in [-0.4, -0.2) is 16.8 Å². The summed E-state index contributed by atoms with van der Waals surface area (Å²) in [5.74, 6) is 0. The molecule has 0 saturated heterocycles. The summed E-state index contributed by atoms with van der Waals surface area (Å²) >= 11 is 0. The first-order valence-electron chi connectivity index (χ1n) is 4.85. The van der Waals surface area contributed by atoms with Gasteiger partial charge in [-0.1, -0.05) is 0 Å². The molecule has 15 heavy (non-hydrogen) atoms. The van der Waals surface area contributed by atoms with E-state index in [2.05, 4.69) is 0 Å². The van der Waals surface area contributed by atoms with Crippen LogP contribution in [0, 0.1) is 0 Å². The summed E-state index contributed by atoms with van der Waals surface area (Å²) in [4.78, 5) is 0. The maximum absolute atomic E-state index is 12.0. The zero-order valence-electron chi connectivity index (χ0n) is 8.59. The molecule has 0 bridgehead atoms. The van der Waals surface area contributed by atoms with E-state index < -0.39 is 12.6 Å². The molecular weight excluding hydrogens is 205 g/mol. The third kappa shape index (κ3) is 4.38. The van der Waals surface area contributed by atoms with Crippen LogP contribution < -0.4 is 5.73 Å². The van der Waals surface area contributed by atoms with E-state index in [0.717, 1.165) is 5.69 Å². The number of alkyl halides is 3. The van der Waals surface area contributed by atoms with Crippen LogP contribution >= 0.6 is 0 Å². The first-order chi connectivity index (χ1) is 6.88. The SMILES string of the molecule is CC(N)Cc1cccn1CCC(F)(F)F. The highest BCUT2D eigenvalue weighted by Gasteiger charge is 2.26. The summed E-state index contributed by atoms with van der Waals surface area (Å²) in [6.45, 7) is 1.81. The van der Waals surface area contributed by atoms with Crippen molar-refractivity contribution in [2.75, 3.05) is 0 Å². The first-order valence-corrected chi connectivity index (χ1v) is 4.85. The fourth-order valence-corrected chi connectivity index (χ4v) is 1.43. The minimum Gasteiger partial charge on any atom is -0.351 e. The molecule has 0 saturated carbocycles. The molecule has 0 spiro atoms. The summed E-state index contributed by atoms with van der Waals surface area (Å²) in [6.07, 6.45) is -2.64. The molecule has 0 amide bonds. The van der Waals surface area contributed by atoms with Gasteiger partial charge < -0.3 is 10.3 Å². The van der Waals surface area contributed by atoms with Gasteiger partial charge in [-0.15, -0.1) is 0 Å². The van der Waals surface area contributed by atoms with Crippen molar-refractivity contribution in [2.24, 2.45) is 5.73 Å². The van der Waals surface area contributed by atoms with Crippen LogP contribution in [0.15, 0.2) is 18.3 Å². The summed E-state index contributed by atoms with van der Waals surface area (Å²) in [6, 6.07) is 3.51. The molecule has 86 valence electrons. The number of nitrogens with zero attached hydrogens (tertiary/aromatic N) is 1. The Balaban J connectivity index is 2.57. The lowest BCUT2D eigenvalue weighted by atomic mass is 10.2. The minimum absolute atomic E-state index is 0.0292. The monoisotopic (exact) mass is 220 g/mol. The highest BCUT2D eigenvalue weighted by molar-refractivity contribution is 5.08. The van der Waals surface area contributed by atoms with E-state index in [-0.39, 0.29) is 12.6 Å². The Bertz CT molecular complexity index is 302. The van der Waals surface area contributed by atoms with Crippen molar-refractivity contribution in [1.29, 1.82) is 0 Å². The van der Waals surface area contributed by atoms with Gasteiger partial charge in [0.1, 0.15) is 0 Å². The fourth-order valence-electron chi connectivity index (χ4n) is 1.43. The number of halogens is 3. The predicted octanol–water partition coefficient (Wildman–Crippen LogP) is 2.33. The molecule has 1 rings (SSSR count). The van der Waals surface area contributed by atoms with Crippen molar-refractivity contribution in [3.05, 3.63) is 24.0 Å². The number of hydrogen-bond donors (Lipinski definition) is 1. The topological polar surface area (TPSA) is 30.9 Å². The van der Waals surface area contributed by atoms with Gasteiger partial charge in [0, 0.05) is 30.9 Å². The molecule has 1 unspecified atom stereocenters. The van der Waals surface area contributed by atoms with Crippen molar-refractivity contribution in [3.8, 4) is 0 Å². The van der Waals surface area contributed by atoms with E-state index in [1.165, 1.54) is 0 Å². The molecule has 0 radical (unpaired) electrons. The molecule has 1 heterocycles. The molecule has 1 aromatic heterocycles. The van der Waals surface area contributed by atoms with Crippen molar-refractivity contribution < 1.29 is 13.2 Å². The van der Waals surface area contributed by atoms with Gasteiger partial charge in [-0.2, -0.15) is 13.2 Å². The van der Waals surface area contributed by atoms with Crippen molar-refractivity contribution >= 4 is 0 Å². The normalized spacial score (nSPS) is 14.2.